The first-order chi connectivity index (χ1) is 7.15. The zero-order chi connectivity index (χ0) is 11.3. The fourth-order valence-corrected chi connectivity index (χ4v) is 1.80. The van der Waals surface area contributed by atoms with Crippen LogP contribution >= 0.6 is 0 Å². The van der Waals surface area contributed by atoms with Gasteiger partial charge < -0.3 is 15.0 Å². The van der Waals surface area contributed by atoms with Gasteiger partial charge in [-0.3, -0.25) is 4.79 Å². The van der Waals surface area contributed by atoms with Crippen molar-refractivity contribution >= 4 is 5.91 Å². The summed E-state index contributed by atoms with van der Waals surface area (Å²) >= 11 is 0. The number of carbonyl (C=O) groups is 1. The van der Waals surface area contributed by atoms with Crippen LogP contribution in [-0.2, 0) is 9.53 Å². The molecule has 15 heavy (non-hydrogen) atoms. The van der Waals surface area contributed by atoms with Gasteiger partial charge in [-0.1, -0.05) is 6.92 Å². The van der Waals surface area contributed by atoms with Crippen molar-refractivity contribution in [3.8, 4) is 0 Å². The lowest BCUT2D eigenvalue weighted by Crippen LogP contribution is -2.39. The first kappa shape index (κ1) is 12.5. The average molecular weight is 214 g/mol. The Morgan fingerprint density at radius 3 is 2.93 bits per heavy atom. The first-order valence-corrected chi connectivity index (χ1v) is 5.79. The van der Waals surface area contributed by atoms with Crippen LogP contribution in [0, 0.1) is 0 Å². The highest BCUT2D eigenvalue weighted by Crippen LogP contribution is 2.10. The fourth-order valence-electron chi connectivity index (χ4n) is 1.80. The molecule has 1 unspecified atom stereocenters. The summed E-state index contributed by atoms with van der Waals surface area (Å²) in [4.78, 5) is 13.7. The topological polar surface area (TPSA) is 41.6 Å². The summed E-state index contributed by atoms with van der Waals surface area (Å²) in [6.45, 7) is 9.12. The van der Waals surface area contributed by atoms with Crippen LogP contribution in [0.15, 0.2) is 0 Å². The lowest BCUT2D eigenvalue weighted by molar-refractivity contribution is -0.130. The Morgan fingerprint density at radius 2 is 2.33 bits per heavy atom. The van der Waals surface area contributed by atoms with E-state index in [1.54, 1.807) is 0 Å². The third-order valence-electron chi connectivity index (χ3n) is 2.56. The van der Waals surface area contributed by atoms with E-state index in [0.29, 0.717) is 6.61 Å². The van der Waals surface area contributed by atoms with Crippen molar-refractivity contribution < 1.29 is 9.53 Å². The molecular weight excluding hydrogens is 192 g/mol. The van der Waals surface area contributed by atoms with Crippen LogP contribution in [0.4, 0.5) is 0 Å². The van der Waals surface area contributed by atoms with Gasteiger partial charge in [-0.15, -0.1) is 0 Å². The third-order valence-corrected chi connectivity index (χ3v) is 2.56. The van der Waals surface area contributed by atoms with E-state index < -0.39 is 0 Å². The smallest absolute Gasteiger partial charge is 0.239 e. The van der Waals surface area contributed by atoms with Gasteiger partial charge in [0.25, 0.3) is 0 Å². The lowest BCUT2D eigenvalue weighted by Gasteiger charge is -2.17. The molecule has 0 aromatic carbocycles. The third kappa shape index (κ3) is 3.80. The Morgan fingerprint density at radius 1 is 1.60 bits per heavy atom. The van der Waals surface area contributed by atoms with Crippen molar-refractivity contribution in [2.75, 3.05) is 26.2 Å². The molecule has 1 aliphatic rings. The number of ether oxygens (including phenoxy) is 1. The van der Waals surface area contributed by atoms with Crippen LogP contribution in [0.1, 0.15) is 27.2 Å². The maximum absolute atomic E-state index is 11.8. The summed E-state index contributed by atoms with van der Waals surface area (Å²) in [5.41, 5.74) is 0. The van der Waals surface area contributed by atoms with Crippen LogP contribution in [-0.4, -0.2) is 49.2 Å². The standard InChI is InChI=1S/C11H22N2O2/c1-4-12-10-5-6-13(11(10)14)7-8-15-9(2)3/h9-10,12H,4-8H2,1-3H3. The number of nitrogens with zero attached hydrogens (tertiary/aromatic N) is 1. The number of hydrogen-bond acceptors (Lipinski definition) is 3. The Kier molecular flexibility index (Phi) is 5.05. The molecule has 1 amide bonds. The minimum Gasteiger partial charge on any atom is -0.377 e. The minimum atomic E-state index is 0.0362. The van der Waals surface area contributed by atoms with E-state index in [4.69, 9.17) is 4.74 Å². The molecule has 0 bridgehead atoms. The van der Waals surface area contributed by atoms with Crippen LogP contribution < -0.4 is 5.32 Å². The van der Waals surface area contributed by atoms with E-state index in [0.717, 1.165) is 26.1 Å². The van der Waals surface area contributed by atoms with Crippen molar-refractivity contribution in [2.45, 2.75) is 39.3 Å². The van der Waals surface area contributed by atoms with Gasteiger partial charge in [0, 0.05) is 13.1 Å². The number of likely N-dealkylation sites (tertiary alicyclic amines) is 1. The molecule has 88 valence electrons. The second-order valence-corrected chi connectivity index (χ2v) is 4.14. The molecule has 0 aliphatic carbocycles. The van der Waals surface area contributed by atoms with Crippen molar-refractivity contribution in [2.24, 2.45) is 0 Å². The summed E-state index contributed by atoms with van der Waals surface area (Å²) in [7, 11) is 0. The number of amides is 1. The molecule has 0 radical (unpaired) electrons. The Hall–Kier alpha value is -0.610. The summed E-state index contributed by atoms with van der Waals surface area (Å²) in [6.07, 6.45) is 1.17. The molecule has 1 atom stereocenters. The number of nitrogens with one attached hydrogen (secondary N) is 1. The minimum absolute atomic E-state index is 0.0362. The number of rotatable bonds is 6. The molecule has 1 fully saturated rings. The molecule has 1 N–H and O–H groups in total. The highest BCUT2D eigenvalue weighted by Gasteiger charge is 2.30. The van der Waals surface area contributed by atoms with E-state index in [2.05, 4.69) is 5.32 Å². The monoisotopic (exact) mass is 214 g/mol. The zero-order valence-electron chi connectivity index (χ0n) is 9.95. The van der Waals surface area contributed by atoms with E-state index >= 15 is 0 Å². The summed E-state index contributed by atoms with van der Waals surface area (Å²) in [6, 6.07) is 0.0362. The molecular formula is C11H22N2O2. The average Bonchev–Trinajstić information content (AvgIpc) is 2.50. The van der Waals surface area contributed by atoms with Crippen molar-refractivity contribution in [3.63, 3.8) is 0 Å². The lowest BCUT2D eigenvalue weighted by atomic mass is 10.2. The van der Waals surface area contributed by atoms with Gasteiger partial charge in [0.05, 0.1) is 18.8 Å². The van der Waals surface area contributed by atoms with Gasteiger partial charge in [-0.25, -0.2) is 0 Å². The summed E-state index contributed by atoms with van der Waals surface area (Å²) in [5, 5.41) is 3.19. The highest BCUT2D eigenvalue weighted by atomic mass is 16.5. The van der Waals surface area contributed by atoms with Gasteiger partial charge in [-0.2, -0.15) is 0 Å². The van der Waals surface area contributed by atoms with Crippen molar-refractivity contribution in [1.82, 2.24) is 10.2 Å². The predicted octanol–water partition coefficient (Wildman–Crippen LogP) is 0.622. The maximum Gasteiger partial charge on any atom is 0.239 e. The van der Waals surface area contributed by atoms with Crippen LogP contribution in [0.3, 0.4) is 0 Å². The molecule has 0 saturated carbocycles. The quantitative estimate of drug-likeness (QED) is 0.705. The van der Waals surface area contributed by atoms with E-state index in [-0.39, 0.29) is 18.1 Å². The van der Waals surface area contributed by atoms with Crippen molar-refractivity contribution in [3.05, 3.63) is 0 Å². The van der Waals surface area contributed by atoms with Gasteiger partial charge in [0.15, 0.2) is 0 Å². The second-order valence-electron chi connectivity index (χ2n) is 4.14. The fraction of sp³-hybridized carbons (Fsp3) is 0.909. The predicted molar refractivity (Wildman–Crippen MR) is 59.7 cm³/mol. The van der Waals surface area contributed by atoms with E-state index in [9.17, 15) is 4.79 Å². The molecule has 4 heteroatoms. The Balaban J connectivity index is 2.24. The van der Waals surface area contributed by atoms with Gasteiger partial charge >= 0.3 is 0 Å². The molecule has 0 spiro atoms. The Bertz CT molecular complexity index is 207. The van der Waals surface area contributed by atoms with Gasteiger partial charge in [0.1, 0.15) is 0 Å². The first-order valence-electron chi connectivity index (χ1n) is 5.79. The molecule has 1 heterocycles. The molecule has 1 aliphatic heterocycles. The van der Waals surface area contributed by atoms with Gasteiger partial charge in [-0.05, 0) is 26.8 Å². The second kappa shape index (κ2) is 6.08. The molecule has 0 aromatic heterocycles. The Labute approximate surface area is 92.0 Å². The largest absolute Gasteiger partial charge is 0.377 e. The number of hydrogen-bond donors (Lipinski definition) is 1. The number of carbonyl (C=O) groups excluding carboxylic acids is 1. The highest BCUT2D eigenvalue weighted by molar-refractivity contribution is 5.83. The van der Waals surface area contributed by atoms with Crippen LogP contribution in [0.5, 0.6) is 0 Å². The summed E-state index contributed by atoms with van der Waals surface area (Å²) < 4.78 is 5.43. The molecule has 1 rings (SSSR count). The molecule has 0 aromatic rings. The molecule has 1 saturated heterocycles. The van der Waals surface area contributed by atoms with Crippen LogP contribution in [0.2, 0.25) is 0 Å². The number of likely N-dealkylation sites (N-methyl/N-ethyl adjacent to an activating group) is 1. The van der Waals surface area contributed by atoms with E-state index in [1.165, 1.54) is 0 Å². The maximum atomic E-state index is 11.8. The molecule has 4 nitrogen and oxygen atoms in total. The SMILES string of the molecule is CCNC1CCN(CCOC(C)C)C1=O. The van der Waals surface area contributed by atoms with Crippen molar-refractivity contribution in [1.29, 1.82) is 0 Å². The van der Waals surface area contributed by atoms with Gasteiger partial charge in [0.2, 0.25) is 5.91 Å². The summed E-state index contributed by atoms with van der Waals surface area (Å²) in [5.74, 6) is 0.226. The zero-order valence-corrected chi connectivity index (χ0v) is 9.95. The van der Waals surface area contributed by atoms with Crippen LogP contribution in [0.25, 0.3) is 0 Å². The van der Waals surface area contributed by atoms with E-state index in [1.807, 2.05) is 25.7 Å². The normalized spacial score (nSPS) is 21.7.